The minimum atomic E-state index is -0.160. The summed E-state index contributed by atoms with van der Waals surface area (Å²) in [5, 5.41) is 4.25. The van der Waals surface area contributed by atoms with E-state index in [-0.39, 0.29) is 23.3 Å². The zero-order chi connectivity index (χ0) is 22.9. The van der Waals surface area contributed by atoms with Crippen molar-refractivity contribution in [3.05, 3.63) is 58.9 Å². The molecule has 4 atom stereocenters. The maximum absolute atomic E-state index is 13.4. The van der Waals surface area contributed by atoms with E-state index in [0.29, 0.717) is 33.4 Å². The quantitative estimate of drug-likeness (QED) is 0.415. The maximum atomic E-state index is 13.4. The molecule has 1 N–H and O–H groups in total. The molecule has 5 rings (SSSR count). The number of nitrogens with one attached hydrogen (secondary N) is 1. The minimum Gasteiger partial charge on any atom is -0.497 e. The van der Waals surface area contributed by atoms with Crippen molar-refractivity contribution in [1.29, 1.82) is 0 Å². The normalized spacial score (nSPS) is 22.4. The lowest BCUT2D eigenvalue weighted by Gasteiger charge is -2.28. The number of para-hydroxylation sites is 1. The van der Waals surface area contributed by atoms with Crippen LogP contribution in [-0.4, -0.2) is 34.4 Å². The molecule has 1 heterocycles. The van der Waals surface area contributed by atoms with E-state index in [1.54, 1.807) is 23.8 Å². The monoisotopic (exact) mass is 463 g/mol. The summed E-state index contributed by atoms with van der Waals surface area (Å²) in [6, 6.07) is 14.8. The van der Waals surface area contributed by atoms with E-state index in [9.17, 15) is 9.59 Å². The smallest absolute Gasteiger partial charge is 0.266 e. The summed E-state index contributed by atoms with van der Waals surface area (Å²) in [7, 11) is 1.60. The van der Waals surface area contributed by atoms with Crippen molar-refractivity contribution in [2.24, 2.45) is 17.8 Å². The van der Waals surface area contributed by atoms with Gasteiger partial charge in [0.25, 0.3) is 5.56 Å². The third-order valence-corrected chi connectivity index (χ3v) is 8.15. The van der Waals surface area contributed by atoms with E-state index in [1.165, 1.54) is 37.4 Å². The highest BCUT2D eigenvalue weighted by atomic mass is 32.2. The first-order chi connectivity index (χ1) is 16.0. The molecule has 172 valence electrons. The molecule has 1 amide bonds. The van der Waals surface area contributed by atoms with Crippen LogP contribution in [0.5, 0.6) is 5.75 Å². The average Bonchev–Trinajstić information content (AvgIpc) is 3.47. The summed E-state index contributed by atoms with van der Waals surface area (Å²) in [4.78, 5) is 30.9. The Hall–Kier alpha value is -2.80. The fourth-order valence-electron chi connectivity index (χ4n) is 5.63. The van der Waals surface area contributed by atoms with Gasteiger partial charge in [0, 0.05) is 12.1 Å². The van der Waals surface area contributed by atoms with E-state index < -0.39 is 0 Å². The van der Waals surface area contributed by atoms with Gasteiger partial charge < -0.3 is 10.1 Å². The molecular formula is C26H29N3O3S. The first kappa shape index (κ1) is 22.0. The first-order valence-corrected chi connectivity index (χ1v) is 12.6. The van der Waals surface area contributed by atoms with Gasteiger partial charge in [-0.1, -0.05) is 36.4 Å². The van der Waals surface area contributed by atoms with Gasteiger partial charge in [0.2, 0.25) is 5.91 Å². The molecule has 3 aromatic rings. The van der Waals surface area contributed by atoms with Gasteiger partial charge in [-0.3, -0.25) is 14.2 Å². The van der Waals surface area contributed by atoms with Crippen molar-refractivity contribution in [2.45, 2.75) is 43.8 Å². The van der Waals surface area contributed by atoms with Gasteiger partial charge in [0.15, 0.2) is 5.16 Å². The van der Waals surface area contributed by atoms with Crippen LogP contribution in [-0.2, 0) is 4.79 Å². The fourth-order valence-corrected chi connectivity index (χ4v) is 6.45. The molecule has 0 radical (unpaired) electrons. The van der Waals surface area contributed by atoms with Gasteiger partial charge in [-0.2, -0.15) is 0 Å². The molecule has 0 saturated heterocycles. The second-order valence-corrected chi connectivity index (χ2v) is 10.2. The van der Waals surface area contributed by atoms with Gasteiger partial charge in [-0.15, -0.1) is 0 Å². The Morgan fingerprint density at radius 3 is 2.82 bits per heavy atom. The lowest BCUT2D eigenvalue weighted by atomic mass is 9.84. The van der Waals surface area contributed by atoms with Gasteiger partial charge in [-0.05, 0) is 68.2 Å². The van der Waals surface area contributed by atoms with Crippen LogP contribution in [0.1, 0.15) is 32.6 Å². The number of carbonyl (C=O) groups excluding carboxylic acids is 1. The summed E-state index contributed by atoms with van der Waals surface area (Å²) in [5.74, 6) is 3.05. The summed E-state index contributed by atoms with van der Waals surface area (Å²) in [5.41, 5.74) is 1.13. The predicted molar refractivity (Wildman–Crippen MR) is 131 cm³/mol. The predicted octanol–water partition coefficient (Wildman–Crippen LogP) is 4.43. The van der Waals surface area contributed by atoms with Crippen molar-refractivity contribution in [3.63, 3.8) is 0 Å². The van der Waals surface area contributed by atoms with Gasteiger partial charge in [0.1, 0.15) is 5.75 Å². The number of hydrogen-bond donors (Lipinski definition) is 1. The number of thioether (sulfide) groups is 1. The largest absolute Gasteiger partial charge is 0.497 e. The van der Waals surface area contributed by atoms with Crippen molar-refractivity contribution in [2.75, 3.05) is 12.9 Å². The Morgan fingerprint density at radius 2 is 2.06 bits per heavy atom. The fraction of sp³-hybridized carbons (Fsp3) is 0.423. The lowest BCUT2D eigenvalue weighted by Crippen LogP contribution is -2.41. The van der Waals surface area contributed by atoms with E-state index in [4.69, 9.17) is 9.72 Å². The molecule has 2 aromatic carbocycles. The van der Waals surface area contributed by atoms with Crippen LogP contribution in [0.25, 0.3) is 16.6 Å². The number of nitrogens with zero attached hydrogens (tertiary/aromatic N) is 2. The number of rotatable bonds is 7. The Labute approximate surface area is 197 Å². The van der Waals surface area contributed by atoms with Crippen molar-refractivity contribution in [1.82, 2.24) is 14.9 Å². The Balaban J connectivity index is 1.39. The second-order valence-electron chi connectivity index (χ2n) is 9.24. The van der Waals surface area contributed by atoms with Gasteiger partial charge in [0.05, 0.1) is 29.5 Å². The molecule has 2 fully saturated rings. The van der Waals surface area contributed by atoms with Crippen LogP contribution < -0.4 is 15.6 Å². The second kappa shape index (κ2) is 9.21. The number of aromatic nitrogens is 2. The molecule has 2 aliphatic carbocycles. The Morgan fingerprint density at radius 1 is 1.21 bits per heavy atom. The van der Waals surface area contributed by atoms with Crippen molar-refractivity contribution in [3.8, 4) is 11.4 Å². The zero-order valence-corrected chi connectivity index (χ0v) is 19.8. The third kappa shape index (κ3) is 4.38. The molecule has 2 bridgehead atoms. The zero-order valence-electron chi connectivity index (χ0n) is 19.0. The molecule has 4 unspecified atom stereocenters. The van der Waals surface area contributed by atoms with E-state index in [0.717, 1.165) is 11.8 Å². The molecule has 6 nitrogen and oxygen atoms in total. The minimum absolute atomic E-state index is 0.0186. The number of carbonyl (C=O) groups is 1. The summed E-state index contributed by atoms with van der Waals surface area (Å²) in [6.07, 6.45) is 5.22. The number of benzene rings is 2. The van der Waals surface area contributed by atoms with E-state index in [2.05, 4.69) is 12.2 Å². The molecular weight excluding hydrogens is 434 g/mol. The Kier molecular flexibility index (Phi) is 6.15. The lowest BCUT2D eigenvalue weighted by molar-refractivity contribution is -0.119. The van der Waals surface area contributed by atoms with Crippen LogP contribution in [0.4, 0.5) is 0 Å². The highest BCUT2D eigenvalue weighted by Crippen LogP contribution is 2.49. The van der Waals surface area contributed by atoms with Gasteiger partial charge in [-0.25, -0.2) is 4.98 Å². The Bertz CT molecular complexity index is 1240. The molecule has 1 aromatic heterocycles. The molecule has 2 aliphatic rings. The number of hydrogen-bond acceptors (Lipinski definition) is 5. The summed E-state index contributed by atoms with van der Waals surface area (Å²) < 4.78 is 6.92. The van der Waals surface area contributed by atoms with E-state index in [1.807, 2.05) is 36.4 Å². The van der Waals surface area contributed by atoms with Crippen LogP contribution in [0.3, 0.4) is 0 Å². The average molecular weight is 464 g/mol. The number of fused-ring (bicyclic) bond motifs is 3. The van der Waals surface area contributed by atoms with Crippen LogP contribution in [0, 0.1) is 17.8 Å². The van der Waals surface area contributed by atoms with Gasteiger partial charge >= 0.3 is 0 Å². The third-order valence-electron chi connectivity index (χ3n) is 7.21. The topological polar surface area (TPSA) is 73.2 Å². The van der Waals surface area contributed by atoms with Crippen molar-refractivity contribution >= 4 is 28.6 Å². The molecule has 2 saturated carbocycles. The number of methoxy groups -OCH3 is 1. The molecule has 0 aliphatic heterocycles. The summed E-state index contributed by atoms with van der Waals surface area (Å²) in [6.45, 7) is 2.13. The highest BCUT2D eigenvalue weighted by Gasteiger charge is 2.42. The SMILES string of the molecule is COc1cccc(-n2c(SCC(=O)NC(C)C3CC4CCC3C4)nc3ccccc3c2=O)c1. The maximum Gasteiger partial charge on any atom is 0.266 e. The molecule has 7 heteroatoms. The van der Waals surface area contributed by atoms with Crippen LogP contribution in [0.2, 0.25) is 0 Å². The highest BCUT2D eigenvalue weighted by molar-refractivity contribution is 7.99. The van der Waals surface area contributed by atoms with Crippen LogP contribution in [0.15, 0.2) is 58.5 Å². The van der Waals surface area contributed by atoms with E-state index >= 15 is 0 Å². The standard InChI is InChI=1S/C26H29N3O3S/c1-16(22-13-17-10-11-18(22)12-17)27-24(30)15-33-26-28-23-9-4-3-8-21(23)25(31)29(26)19-6-5-7-20(14-19)32-2/h3-9,14,16-18,22H,10-13,15H2,1-2H3,(H,27,30). The summed E-state index contributed by atoms with van der Waals surface area (Å²) >= 11 is 1.29. The van der Waals surface area contributed by atoms with Crippen LogP contribution >= 0.6 is 11.8 Å². The first-order valence-electron chi connectivity index (χ1n) is 11.6. The molecule has 0 spiro atoms. The number of amides is 1. The van der Waals surface area contributed by atoms with Crippen molar-refractivity contribution < 1.29 is 9.53 Å². The molecule has 33 heavy (non-hydrogen) atoms. The number of ether oxygens (including phenoxy) is 1.